The number of rotatable bonds is 17. The fourth-order valence-electron chi connectivity index (χ4n) is 8.36. The second-order valence-electron chi connectivity index (χ2n) is 15.9. The second-order valence-corrected chi connectivity index (χ2v) is 20.2. The zero-order valence-corrected chi connectivity index (χ0v) is 40.1. The first kappa shape index (κ1) is 46.2. The molecule has 0 spiro atoms. The van der Waals surface area contributed by atoms with Crippen molar-refractivity contribution in [2.45, 2.75) is 27.4 Å². The molecule has 2 aliphatic rings. The summed E-state index contributed by atoms with van der Waals surface area (Å²) in [6.07, 6.45) is -0.748. The molecule has 0 aliphatic carbocycles. The number of carbonyl (C=O) groups excluding carboxylic acids is 3. The number of hydrogen-bond acceptors (Lipinski definition) is 14. The number of nitrogens with one attached hydrogen (secondary N) is 2. The number of β-lactam (4-membered cyclic amide) rings is 1. The van der Waals surface area contributed by atoms with E-state index >= 15 is 0 Å². The molecule has 0 radical (unpaired) electrons. The van der Waals surface area contributed by atoms with Gasteiger partial charge in [-0.15, -0.1) is 34.4 Å². The van der Waals surface area contributed by atoms with E-state index in [9.17, 15) is 24.3 Å². The molecule has 2 amide bonds. The van der Waals surface area contributed by atoms with Crippen molar-refractivity contribution in [3.8, 4) is 0 Å². The predicted octanol–water partition coefficient (Wildman–Crippen LogP) is 9.70. The summed E-state index contributed by atoms with van der Waals surface area (Å²) in [6.45, 7) is -0.669. The van der Waals surface area contributed by atoms with E-state index in [0.29, 0.717) is 14.4 Å². The number of carbonyl (C=O) groups is 4. The van der Waals surface area contributed by atoms with E-state index in [1.807, 2.05) is 176 Å². The summed E-state index contributed by atoms with van der Waals surface area (Å²) >= 11 is 5.21. The van der Waals surface area contributed by atoms with E-state index < -0.39 is 53.4 Å². The first-order chi connectivity index (χ1) is 34.3. The number of thiazole rings is 2. The highest BCUT2D eigenvalue weighted by Crippen LogP contribution is 2.47. The van der Waals surface area contributed by atoms with Gasteiger partial charge in [0.2, 0.25) is 6.61 Å². The van der Waals surface area contributed by atoms with Gasteiger partial charge < -0.3 is 25.3 Å². The first-order valence-electron chi connectivity index (χ1n) is 21.9. The molecular formula is C53H40N6O7S4. The van der Waals surface area contributed by atoms with Gasteiger partial charge in [-0.25, -0.2) is 19.6 Å². The van der Waals surface area contributed by atoms with Gasteiger partial charge in [0.1, 0.15) is 28.3 Å². The first-order valence-corrected chi connectivity index (χ1v) is 25.5. The minimum Gasteiger partial charge on any atom is -0.477 e. The van der Waals surface area contributed by atoms with Gasteiger partial charge >= 0.3 is 11.9 Å². The number of esters is 1. The molecule has 2 aliphatic heterocycles. The average Bonchev–Trinajstić information content (AvgIpc) is 4.05. The van der Waals surface area contributed by atoms with Crippen molar-refractivity contribution in [2.24, 2.45) is 5.16 Å². The van der Waals surface area contributed by atoms with Crippen LogP contribution in [0, 0.1) is 0 Å². The van der Waals surface area contributed by atoms with Gasteiger partial charge in [0.05, 0.1) is 10.2 Å². The van der Waals surface area contributed by atoms with E-state index in [0.717, 1.165) is 38.0 Å². The fraction of sp³-hybridized carbons (Fsp3) is 0.113. The molecule has 1 unspecified atom stereocenters. The summed E-state index contributed by atoms with van der Waals surface area (Å²) in [4.78, 5) is 71.7. The topological polar surface area (TPSA) is 172 Å². The molecule has 2 atom stereocenters. The van der Waals surface area contributed by atoms with Crippen LogP contribution in [0.4, 0.5) is 5.13 Å². The molecule has 3 N–H and O–H groups in total. The molecule has 17 heteroatoms. The van der Waals surface area contributed by atoms with Crippen molar-refractivity contribution in [3.05, 3.63) is 225 Å². The number of ether oxygens (including phenoxy) is 1. The van der Waals surface area contributed by atoms with Gasteiger partial charge in [-0.2, -0.15) is 0 Å². The number of amides is 2. The maximum Gasteiger partial charge on any atom is 0.353 e. The lowest BCUT2D eigenvalue weighted by atomic mass is 9.77. The van der Waals surface area contributed by atoms with Gasteiger partial charge in [0.25, 0.3) is 11.8 Å². The smallest absolute Gasteiger partial charge is 0.353 e. The molecule has 4 heterocycles. The van der Waals surface area contributed by atoms with Crippen LogP contribution in [0.3, 0.4) is 0 Å². The van der Waals surface area contributed by atoms with Crippen molar-refractivity contribution < 1.29 is 33.9 Å². The van der Waals surface area contributed by atoms with E-state index in [2.05, 4.69) is 20.8 Å². The lowest BCUT2D eigenvalue weighted by Crippen LogP contribution is -2.71. The Kier molecular flexibility index (Phi) is 13.6. The molecule has 13 nitrogen and oxygen atoms in total. The fourth-order valence-corrected chi connectivity index (χ4v) is 12.8. The number of hydrogen-bond donors (Lipinski definition) is 3. The lowest BCUT2D eigenvalue weighted by Gasteiger charge is -2.49. The number of thioether (sulfide) groups is 2. The van der Waals surface area contributed by atoms with Crippen molar-refractivity contribution >= 4 is 91.0 Å². The molecule has 70 heavy (non-hydrogen) atoms. The molecule has 0 saturated carbocycles. The Balaban J connectivity index is 0.945. The number of carboxylic acid groups (broad SMARTS) is 1. The normalized spacial score (nSPS) is 15.8. The highest BCUT2D eigenvalue weighted by atomic mass is 32.2. The van der Waals surface area contributed by atoms with Crippen LogP contribution in [0.25, 0.3) is 10.2 Å². The molecule has 348 valence electrons. The summed E-state index contributed by atoms with van der Waals surface area (Å²) in [5.74, 6) is -3.20. The number of para-hydroxylation sites is 1. The molecule has 0 bridgehead atoms. The Labute approximate surface area is 418 Å². The van der Waals surface area contributed by atoms with Crippen LogP contribution in [0.1, 0.15) is 39.6 Å². The van der Waals surface area contributed by atoms with E-state index in [1.165, 1.54) is 51.1 Å². The van der Waals surface area contributed by atoms with E-state index in [1.54, 1.807) is 5.38 Å². The third kappa shape index (κ3) is 9.43. The van der Waals surface area contributed by atoms with Gasteiger partial charge in [0.15, 0.2) is 21.3 Å². The SMILES string of the molecule is O=C(CO/N=C(\C(=O)NC1C(=O)N2C(C(=O)O)=C(Sc3nc4ccccc4s3)CS[C@@H]12)c1csc(NC(c2ccccc2)(c2ccccc2)c2ccccc2)n1)OC(c1ccccc1)c1ccccc1. The molecule has 6 aromatic carbocycles. The second kappa shape index (κ2) is 20.6. The minimum atomic E-state index is -1.27. The van der Waals surface area contributed by atoms with Gasteiger partial charge in [-0.3, -0.25) is 14.5 Å². The van der Waals surface area contributed by atoms with Crippen molar-refractivity contribution in [2.75, 3.05) is 17.7 Å². The summed E-state index contributed by atoms with van der Waals surface area (Å²) in [6, 6.07) is 54.9. The van der Waals surface area contributed by atoms with Crippen molar-refractivity contribution in [1.29, 1.82) is 0 Å². The van der Waals surface area contributed by atoms with Crippen molar-refractivity contribution in [3.63, 3.8) is 0 Å². The van der Waals surface area contributed by atoms with Crippen LogP contribution in [0.15, 0.2) is 201 Å². The highest BCUT2D eigenvalue weighted by Gasteiger charge is 2.55. The van der Waals surface area contributed by atoms with Crippen LogP contribution < -0.4 is 10.6 Å². The quantitative estimate of drug-likeness (QED) is 0.0260. The number of carboxylic acids is 1. The average molecular weight is 1000 g/mol. The van der Waals surface area contributed by atoms with Crippen LogP contribution in [0.2, 0.25) is 0 Å². The number of anilines is 1. The van der Waals surface area contributed by atoms with Crippen LogP contribution in [-0.2, 0) is 34.3 Å². The molecular weight excluding hydrogens is 961 g/mol. The Hall–Kier alpha value is -7.57. The number of nitrogens with zero attached hydrogens (tertiary/aromatic N) is 4. The zero-order valence-electron chi connectivity index (χ0n) is 36.8. The molecule has 1 fully saturated rings. The standard InChI is InChI=1S/C53H40N6O7S4/c60-42(66-46(33-18-6-1-7-19-33)34-20-8-2-9-21-34)30-65-58-43(39-31-68-51(54-39)57-53(35-22-10-3-11-23-35,36-24-12-4-13-25-36)37-26-14-5-15-27-37)47(61)56-44-48(62)59-45(50(63)64)41(32-67-49(44)59)70-52-55-38-28-16-17-29-40(38)69-52/h1-29,31,44,46,49H,30,32H2,(H,54,57)(H,56,61)(H,63,64)/b58-43-/t44?,49-/m0/s1. The zero-order chi connectivity index (χ0) is 48.0. The number of aromatic nitrogens is 2. The lowest BCUT2D eigenvalue weighted by molar-refractivity contribution is -0.153. The van der Waals surface area contributed by atoms with E-state index in [-0.39, 0.29) is 22.9 Å². The summed E-state index contributed by atoms with van der Waals surface area (Å²) < 4.78 is 7.55. The third-order valence-corrected chi connectivity index (χ3v) is 16.0. The Morgan fingerprint density at radius 2 is 1.33 bits per heavy atom. The van der Waals surface area contributed by atoms with Crippen LogP contribution in [-0.4, -0.2) is 73.2 Å². The largest absolute Gasteiger partial charge is 0.477 e. The number of oxime groups is 1. The maximum absolute atomic E-state index is 14.5. The van der Waals surface area contributed by atoms with Crippen LogP contribution >= 0.6 is 46.2 Å². The summed E-state index contributed by atoms with van der Waals surface area (Å²) in [5, 5.41) is 22.5. The number of fused-ring (bicyclic) bond motifs is 2. The van der Waals surface area contributed by atoms with Gasteiger partial charge in [-0.1, -0.05) is 181 Å². The number of aliphatic carboxylic acids is 1. The monoisotopic (exact) mass is 1000 g/mol. The Morgan fingerprint density at radius 1 is 0.771 bits per heavy atom. The minimum absolute atomic E-state index is 0.0912. The van der Waals surface area contributed by atoms with E-state index in [4.69, 9.17) is 14.6 Å². The van der Waals surface area contributed by atoms with Gasteiger partial charge in [0, 0.05) is 16.0 Å². The van der Waals surface area contributed by atoms with Crippen LogP contribution in [0.5, 0.6) is 0 Å². The summed E-state index contributed by atoms with van der Waals surface area (Å²) in [5.41, 5.74) is 3.73. The Morgan fingerprint density at radius 3 is 1.90 bits per heavy atom. The summed E-state index contributed by atoms with van der Waals surface area (Å²) in [7, 11) is 0. The molecule has 10 rings (SSSR count). The highest BCUT2D eigenvalue weighted by molar-refractivity contribution is 8.07. The molecule has 8 aromatic rings. The van der Waals surface area contributed by atoms with Gasteiger partial charge in [-0.05, 0) is 39.9 Å². The maximum atomic E-state index is 14.5. The predicted molar refractivity (Wildman–Crippen MR) is 273 cm³/mol. The molecule has 1 saturated heterocycles. The molecule has 2 aromatic heterocycles. The number of benzene rings is 6. The van der Waals surface area contributed by atoms with Crippen molar-refractivity contribution in [1.82, 2.24) is 20.2 Å². The Bertz CT molecular complexity index is 3080. The third-order valence-electron chi connectivity index (χ3n) is 11.6.